The van der Waals surface area contributed by atoms with Gasteiger partial charge < -0.3 is 10.6 Å². The molecule has 2 atom stereocenters. The van der Waals surface area contributed by atoms with Gasteiger partial charge in [-0.25, -0.2) is 0 Å². The zero-order valence-corrected chi connectivity index (χ0v) is 11.0. The predicted octanol–water partition coefficient (Wildman–Crippen LogP) is 2.38. The highest BCUT2D eigenvalue weighted by Crippen LogP contribution is 2.34. The summed E-state index contributed by atoms with van der Waals surface area (Å²) < 4.78 is 0. The van der Waals surface area contributed by atoms with Gasteiger partial charge in [-0.1, -0.05) is 24.3 Å². The van der Waals surface area contributed by atoms with Gasteiger partial charge in [0.2, 0.25) is 0 Å². The average Bonchev–Trinajstić information content (AvgIpc) is 2.52. The highest BCUT2D eigenvalue weighted by atomic mass is 15.1. The van der Waals surface area contributed by atoms with Gasteiger partial charge in [-0.15, -0.1) is 0 Å². The molecule has 1 aromatic rings. The van der Waals surface area contributed by atoms with Crippen LogP contribution in [0.3, 0.4) is 0 Å². The van der Waals surface area contributed by atoms with E-state index >= 15 is 0 Å². The summed E-state index contributed by atoms with van der Waals surface area (Å²) in [6.45, 7) is 5.41. The molecule has 1 fully saturated rings. The van der Waals surface area contributed by atoms with E-state index in [1.807, 2.05) is 0 Å². The molecular weight excluding hydrogens is 208 g/mol. The van der Waals surface area contributed by atoms with Crippen molar-refractivity contribution in [2.75, 3.05) is 26.7 Å². The van der Waals surface area contributed by atoms with Crippen LogP contribution in [0, 0.1) is 12.8 Å². The number of nitrogens with zero attached hydrogens (tertiary/aromatic N) is 1. The van der Waals surface area contributed by atoms with Crippen molar-refractivity contribution in [3.8, 4) is 0 Å². The van der Waals surface area contributed by atoms with Gasteiger partial charge in [0.25, 0.3) is 0 Å². The van der Waals surface area contributed by atoms with Crippen molar-refractivity contribution >= 4 is 0 Å². The van der Waals surface area contributed by atoms with Crippen LogP contribution in [0.4, 0.5) is 0 Å². The van der Waals surface area contributed by atoms with Crippen LogP contribution in [0.15, 0.2) is 24.3 Å². The quantitative estimate of drug-likeness (QED) is 0.848. The largest absolute Gasteiger partial charge is 0.330 e. The molecule has 94 valence electrons. The van der Waals surface area contributed by atoms with Crippen LogP contribution in [0.2, 0.25) is 0 Å². The lowest BCUT2D eigenvalue weighted by Crippen LogP contribution is -2.23. The Labute approximate surface area is 105 Å². The SMILES string of the molecule is Cc1ccccc1C1CCN(C)CCC1CN. The molecule has 1 saturated heterocycles. The first-order chi connectivity index (χ1) is 8.22. The zero-order chi connectivity index (χ0) is 12.3. The maximum Gasteiger partial charge on any atom is -0.00158 e. The minimum Gasteiger partial charge on any atom is -0.330 e. The van der Waals surface area contributed by atoms with Crippen molar-refractivity contribution in [2.45, 2.75) is 25.7 Å². The van der Waals surface area contributed by atoms with Crippen LogP contribution in [-0.2, 0) is 0 Å². The monoisotopic (exact) mass is 232 g/mol. The highest BCUT2D eigenvalue weighted by Gasteiger charge is 2.26. The van der Waals surface area contributed by atoms with Crippen LogP contribution in [0.25, 0.3) is 0 Å². The summed E-state index contributed by atoms with van der Waals surface area (Å²) in [5.74, 6) is 1.28. The molecule has 1 heterocycles. The Kier molecular flexibility index (Phi) is 4.19. The second-order valence-corrected chi connectivity index (χ2v) is 5.34. The van der Waals surface area contributed by atoms with E-state index in [1.54, 1.807) is 0 Å². The molecule has 2 rings (SSSR count). The molecule has 2 N–H and O–H groups in total. The van der Waals surface area contributed by atoms with Gasteiger partial charge in [0.1, 0.15) is 0 Å². The lowest BCUT2D eigenvalue weighted by molar-refractivity contribution is 0.342. The standard InChI is InChI=1S/C15H24N2/c1-12-5-3-4-6-14(12)15-8-10-17(2)9-7-13(15)11-16/h3-6,13,15H,7-11,16H2,1-2H3. The molecule has 1 aliphatic rings. The third-order valence-electron chi connectivity index (χ3n) is 4.16. The van der Waals surface area contributed by atoms with Crippen LogP contribution in [0.1, 0.15) is 29.9 Å². The number of hydrogen-bond acceptors (Lipinski definition) is 2. The molecule has 0 spiro atoms. The first-order valence-corrected chi connectivity index (χ1v) is 6.66. The Morgan fingerprint density at radius 2 is 1.94 bits per heavy atom. The van der Waals surface area contributed by atoms with Crippen molar-refractivity contribution < 1.29 is 0 Å². The molecule has 0 radical (unpaired) electrons. The van der Waals surface area contributed by atoms with Gasteiger partial charge in [-0.2, -0.15) is 0 Å². The van der Waals surface area contributed by atoms with Crippen molar-refractivity contribution in [1.82, 2.24) is 4.90 Å². The fraction of sp³-hybridized carbons (Fsp3) is 0.600. The lowest BCUT2D eigenvalue weighted by Gasteiger charge is -2.25. The summed E-state index contributed by atoms with van der Waals surface area (Å²) >= 11 is 0. The van der Waals surface area contributed by atoms with Crippen molar-refractivity contribution in [1.29, 1.82) is 0 Å². The van der Waals surface area contributed by atoms with E-state index in [4.69, 9.17) is 5.73 Å². The van der Waals surface area contributed by atoms with Gasteiger partial charge in [0, 0.05) is 0 Å². The highest BCUT2D eigenvalue weighted by molar-refractivity contribution is 5.30. The molecule has 1 aliphatic heterocycles. The smallest absolute Gasteiger partial charge is 0.00158 e. The molecule has 0 amide bonds. The maximum absolute atomic E-state index is 5.98. The first kappa shape index (κ1) is 12.6. The Bertz CT molecular complexity index is 362. The summed E-state index contributed by atoms with van der Waals surface area (Å²) in [5.41, 5.74) is 8.91. The number of hydrogen-bond donors (Lipinski definition) is 1. The summed E-state index contributed by atoms with van der Waals surface area (Å²) in [4.78, 5) is 2.43. The minimum absolute atomic E-state index is 0.640. The number of rotatable bonds is 2. The van der Waals surface area contributed by atoms with Gasteiger partial charge in [-0.05, 0) is 69.4 Å². The van der Waals surface area contributed by atoms with Crippen molar-refractivity contribution in [2.24, 2.45) is 11.7 Å². The Morgan fingerprint density at radius 1 is 1.24 bits per heavy atom. The van der Waals surface area contributed by atoms with Gasteiger partial charge in [0.05, 0.1) is 0 Å². The molecular formula is C15H24N2. The van der Waals surface area contributed by atoms with Crippen LogP contribution < -0.4 is 5.73 Å². The van der Waals surface area contributed by atoms with E-state index in [0.29, 0.717) is 11.8 Å². The van der Waals surface area contributed by atoms with Gasteiger partial charge in [-0.3, -0.25) is 0 Å². The molecule has 1 aromatic carbocycles. The van der Waals surface area contributed by atoms with Crippen molar-refractivity contribution in [3.05, 3.63) is 35.4 Å². The third-order valence-corrected chi connectivity index (χ3v) is 4.16. The maximum atomic E-state index is 5.98. The summed E-state index contributed by atoms with van der Waals surface area (Å²) in [5, 5.41) is 0. The summed E-state index contributed by atoms with van der Waals surface area (Å²) in [6.07, 6.45) is 2.47. The third kappa shape index (κ3) is 2.88. The van der Waals surface area contributed by atoms with E-state index < -0.39 is 0 Å². The normalized spacial score (nSPS) is 26.8. The Balaban J connectivity index is 2.24. The second-order valence-electron chi connectivity index (χ2n) is 5.34. The van der Waals surface area contributed by atoms with E-state index in [2.05, 4.69) is 43.1 Å². The number of aryl methyl sites for hydroxylation is 1. The summed E-state index contributed by atoms with van der Waals surface area (Å²) in [6, 6.07) is 8.79. The number of likely N-dealkylation sites (tertiary alicyclic amines) is 1. The molecule has 0 aliphatic carbocycles. The number of nitrogens with two attached hydrogens (primary N) is 1. The molecule has 17 heavy (non-hydrogen) atoms. The molecule has 2 nitrogen and oxygen atoms in total. The van der Waals surface area contributed by atoms with E-state index in [1.165, 1.54) is 37.1 Å². The molecule has 0 saturated carbocycles. The molecule has 0 bridgehead atoms. The molecule has 2 heteroatoms. The predicted molar refractivity (Wildman–Crippen MR) is 73.2 cm³/mol. The topological polar surface area (TPSA) is 29.3 Å². The zero-order valence-electron chi connectivity index (χ0n) is 11.0. The van der Waals surface area contributed by atoms with Gasteiger partial charge >= 0.3 is 0 Å². The second kappa shape index (κ2) is 5.65. The average molecular weight is 232 g/mol. The van der Waals surface area contributed by atoms with Crippen LogP contribution in [0.5, 0.6) is 0 Å². The number of benzene rings is 1. The molecule has 0 aromatic heterocycles. The molecule has 2 unspecified atom stereocenters. The van der Waals surface area contributed by atoms with E-state index in [-0.39, 0.29) is 0 Å². The Hall–Kier alpha value is -0.860. The van der Waals surface area contributed by atoms with Crippen LogP contribution >= 0.6 is 0 Å². The van der Waals surface area contributed by atoms with Crippen molar-refractivity contribution in [3.63, 3.8) is 0 Å². The summed E-state index contributed by atoms with van der Waals surface area (Å²) in [7, 11) is 2.22. The van der Waals surface area contributed by atoms with E-state index in [9.17, 15) is 0 Å². The van der Waals surface area contributed by atoms with Gasteiger partial charge in [0.15, 0.2) is 0 Å². The Morgan fingerprint density at radius 3 is 2.65 bits per heavy atom. The first-order valence-electron chi connectivity index (χ1n) is 6.66. The van der Waals surface area contributed by atoms with E-state index in [0.717, 1.165) is 6.54 Å². The fourth-order valence-electron chi connectivity index (χ4n) is 2.99. The minimum atomic E-state index is 0.640. The van der Waals surface area contributed by atoms with Crippen LogP contribution in [-0.4, -0.2) is 31.6 Å². The lowest BCUT2D eigenvalue weighted by atomic mass is 9.81. The fourth-order valence-corrected chi connectivity index (χ4v) is 2.99.